The van der Waals surface area contributed by atoms with Gasteiger partial charge in [0.1, 0.15) is 0 Å². The maximum absolute atomic E-state index is 11.4. The summed E-state index contributed by atoms with van der Waals surface area (Å²) in [5.74, 6) is -0.556. The van der Waals surface area contributed by atoms with E-state index in [-0.39, 0.29) is 16.3 Å². The lowest BCUT2D eigenvalue weighted by atomic mass is 9.93. The van der Waals surface area contributed by atoms with Gasteiger partial charge in [0.15, 0.2) is 0 Å². The molecule has 114 valence electrons. The first-order chi connectivity index (χ1) is 9.93. The molecule has 0 amide bonds. The van der Waals surface area contributed by atoms with E-state index in [1.807, 2.05) is 4.90 Å². The topological polar surface area (TPSA) is 83.7 Å². The minimum Gasteiger partial charge on any atom is -0.478 e. The first kappa shape index (κ1) is 15.6. The zero-order valence-corrected chi connectivity index (χ0v) is 12.5. The van der Waals surface area contributed by atoms with E-state index in [4.69, 9.17) is 11.6 Å². The summed E-state index contributed by atoms with van der Waals surface area (Å²) >= 11 is 6.12. The molecule has 7 heteroatoms. The third kappa shape index (κ3) is 3.26. The Morgan fingerprint density at radius 2 is 2.10 bits per heavy atom. The summed E-state index contributed by atoms with van der Waals surface area (Å²) in [7, 11) is 0. The minimum atomic E-state index is -1.20. The Labute approximate surface area is 127 Å². The monoisotopic (exact) mass is 312 g/mol. The summed E-state index contributed by atoms with van der Waals surface area (Å²) in [6, 6.07) is 2.30. The molecule has 1 aliphatic heterocycles. The zero-order chi connectivity index (χ0) is 15.6. The summed E-state index contributed by atoms with van der Waals surface area (Å²) in [5, 5.41) is 20.3. The van der Waals surface area contributed by atoms with E-state index in [0.717, 1.165) is 38.4 Å². The second-order valence-electron chi connectivity index (χ2n) is 5.22. The van der Waals surface area contributed by atoms with E-state index >= 15 is 0 Å². The lowest BCUT2D eigenvalue weighted by Crippen LogP contribution is -2.34. The van der Waals surface area contributed by atoms with Crippen LogP contribution < -0.4 is 4.90 Å². The van der Waals surface area contributed by atoms with E-state index in [2.05, 4.69) is 6.92 Å². The van der Waals surface area contributed by atoms with Crippen LogP contribution >= 0.6 is 11.6 Å². The Kier molecular flexibility index (Phi) is 4.67. The Morgan fingerprint density at radius 3 is 2.57 bits per heavy atom. The predicted octanol–water partition coefficient (Wildman–Crippen LogP) is 3.57. The SMILES string of the molecule is CCC1CCN(c2c(Cl)cc([N+](=O)[O-])cc2C(=O)O)CC1. The molecule has 1 heterocycles. The molecule has 0 saturated carbocycles. The fourth-order valence-corrected chi connectivity index (χ4v) is 3.07. The van der Waals surface area contributed by atoms with Gasteiger partial charge in [-0.15, -0.1) is 0 Å². The number of halogens is 1. The first-order valence-corrected chi connectivity index (χ1v) is 7.28. The fraction of sp³-hybridized carbons (Fsp3) is 0.500. The molecule has 0 bridgehead atoms. The minimum absolute atomic E-state index is 0.107. The van der Waals surface area contributed by atoms with E-state index in [0.29, 0.717) is 11.6 Å². The number of rotatable bonds is 4. The summed E-state index contributed by atoms with van der Waals surface area (Å²) < 4.78 is 0. The maximum Gasteiger partial charge on any atom is 0.338 e. The molecule has 1 aliphatic rings. The Balaban J connectivity index is 2.39. The molecule has 0 atom stereocenters. The molecule has 1 saturated heterocycles. The van der Waals surface area contributed by atoms with Crippen molar-refractivity contribution < 1.29 is 14.8 Å². The van der Waals surface area contributed by atoms with Crippen LogP contribution in [0.4, 0.5) is 11.4 Å². The smallest absolute Gasteiger partial charge is 0.338 e. The van der Waals surface area contributed by atoms with Gasteiger partial charge < -0.3 is 10.0 Å². The predicted molar refractivity (Wildman–Crippen MR) is 80.3 cm³/mol. The van der Waals surface area contributed by atoms with Crippen LogP contribution in [0.2, 0.25) is 5.02 Å². The lowest BCUT2D eigenvalue weighted by molar-refractivity contribution is -0.384. The van der Waals surface area contributed by atoms with Gasteiger partial charge in [0, 0.05) is 25.2 Å². The Hall–Kier alpha value is -1.82. The van der Waals surface area contributed by atoms with Crippen molar-refractivity contribution in [1.29, 1.82) is 0 Å². The number of carboxylic acid groups (broad SMARTS) is 1. The molecule has 0 aliphatic carbocycles. The van der Waals surface area contributed by atoms with Crippen molar-refractivity contribution in [2.24, 2.45) is 5.92 Å². The van der Waals surface area contributed by atoms with Crippen LogP contribution in [0.3, 0.4) is 0 Å². The van der Waals surface area contributed by atoms with E-state index in [1.165, 1.54) is 6.07 Å². The fourth-order valence-electron chi connectivity index (χ4n) is 2.74. The number of aromatic carboxylic acids is 1. The number of nitro benzene ring substituents is 1. The molecular weight excluding hydrogens is 296 g/mol. The molecule has 1 aromatic rings. The molecule has 0 radical (unpaired) electrons. The van der Waals surface area contributed by atoms with Crippen LogP contribution in [0.5, 0.6) is 0 Å². The maximum atomic E-state index is 11.4. The molecule has 0 aromatic heterocycles. The highest BCUT2D eigenvalue weighted by Gasteiger charge is 2.26. The molecule has 6 nitrogen and oxygen atoms in total. The average molecular weight is 313 g/mol. The Morgan fingerprint density at radius 1 is 1.48 bits per heavy atom. The quantitative estimate of drug-likeness (QED) is 0.678. The molecule has 0 unspecified atom stereocenters. The molecule has 1 N–H and O–H groups in total. The van der Waals surface area contributed by atoms with Crippen LogP contribution in [-0.2, 0) is 0 Å². The van der Waals surface area contributed by atoms with Crippen molar-refractivity contribution in [3.63, 3.8) is 0 Å². The van der Waals surface area contributed by atoms with Crippen LogP contribution in [0.1, 0.15) is 36.5 Å². The highest BCUT2D eigenvalue weighted by atomic mass is 35.5. The lowest BCUT2D eigenvalue weighted by Gasteiger charge is -2.34. The molecule has 21 heavy (non-hydrogen) atoms. The average Bonchev–Trinajstić information content (AvgIpc) is 2.46. The van der Waals surface area contributed by atoms with E-state index < -0.39 is 10.9 Å². The second-order valence-corrected chi connectivity index (χ2v) is 5.63. The van der Waals surface area contributed by atoms with Crippen LogP contribution in [0, 0.1) is 16.0 Å². The number of anilines is 1. The van der Waals surface area contributed by atoms with Gasteiger partial charge >= 0.3 is 5.97 Å². The molecule has 1 fully saturated rings. The summed E-state index contributed by atoms with van der Waals surface area (Å²) in [6.45, 7) is 3.58. The highest BCUT2D eigenvalue weighted by molar-refractivity contribution is 6.34. The number of carboxylic acids is 1. The van der Waals surface area contributed by atoms with E-state index in [9.17, 15) is 20.0 Å². The largest absolute Gasteiger partial charge is 0.478 e. The van der Waals surface area contributed by atoms with Crippen molar-refractivity contribution in [2.45, 2.75) is 26.2 Å². The molecule has 1 aromatic carbocycles. The van der Waals surface area contributed by atoms with Gasteiger partial charge in [0.2, 0.25) is 0 Å². The number of nitro groups is 1. The number of piperidine rings is 1. The van der Waals surface area contributed by atoms with Crippen molar-refractivity contribution in [1.82, 2.24) is 0 Å². The summed E-state index contributed by atoms with van der Waals surface area (Å²) in [4.78, 5) is 23.5. The van der Waals surface area contributed by atoms with Crippen LogP contribution in [0.15, 0.2) is 12.1 Å². The zero-order valence-electron chi connectivity index (χ0n) is 11.7. The van der Waals surface area contributed by atoms with E-state index in [1.54, 1.807) is 0 Å². The van der Waals surface area contributed by atoms with Crippen molar-refractivity contribution in [3.05, 3.63) is 32.8 Å². The van der Waals surface area contributed by atoms with Gasteiger partial charge in [-0.3, -0.25) is 10.1 Å². The normalized spacial score (nSPS) is 16.0. The van der Waals surface area contributed by atoms with Gasteiger partial charge in [-0.2, -0.15) is 0 Å². The summed E-state index contributed by atoms with van der Waals surface area (Å²) in [5.41, 5.74) is -0.0157. The van der Waals surface area contributed by atoms with Gasteiger partial charge in [0.05, 0.1) is 21.2 Å². The number of benzene rings is 1. The molecule has 0 spiro atoms. The van der Waals surface area contributed by atoms with Gasteiger partial charge in [-0.25, -0.2) is 4.79 Å². The number of hydrogen-bond acceptors (Lipinski definition) is 4. The number of carbonyl (C=O) groups is 1. The van der Waals surface area contributed by atoms with Crippen molar-refractivity contribution in [3.8, 4) is 0 Å². The van der Waals surface area contributed by atoms with Gasteiger partial charge in [-0.1, -0.05) is 24.9 Å². The second kappa shape index (κ2) is 6.30. The van der Waals surface area contributed by atoms with Crippen molar-refractivity contribution >= 4 is 28.9 Å². The molecule has 2 rings (SSSR count). The number of hydrogen-bond donors (Lipinski definition) is 1. The number of nitrogens with zero attached hydrogens (tertiary/aromatic N) is 2. The van der Waals surface area contributed by atoms with Gasteiger partial charge in [-0.05, 0) is 18.8 Å². The standard InChI is InChI=1S/C14H17ClN2O4/c1-2-9-3-5-16(6-4-9)13-11(14(18)19)7-10(17(20)21)8-12(13)15/h7-9H,2-6H2,1H3,(H,18,19). The number of non-ortho nitro benzene ring substituents is 1. The highest BCUT2D eigenvalue weighted by Crippen LogP contribution is 2.36. The van der Waals surface area contributed by atoms with Crippen LogP contribution in [0.25, 0.3) is 0 Å². The third-order valence-corrected chi connectivity index (χ3v) is 4.29. The molecular formula is C14H17ClN2O4. The van der Waals surface area contributed by atoms with Crippen molar-refractivity contribution in [2.75, 3.05) is 18.0 Å². The first-order valence-electron chi connectivity index (χ1n) is 6.90. The van der Waals surface area contributed by atoms with Crippen LogP contribution in [-0.4, -0.2) is 29.1 Å². The summed E-state index contributed by atoms with van der Waals surface area (Å²) in [6.07, 6.45) is 3.05. The Bertz CT molecular complexity index is 568. The third-order valence-electron chi connectivity index (χ3n) is 4.00. The van der Waals surface area contributed by atoms with Gasteiger partial charge in [0.25, 0.3) is 5.69 Å².